The predicted octanol–water partition coefficient (Wildman–Crippen LogP) is 7.02. The van der Waals surface area contributed by atoms with Crippen LogP contribution in [0, 0.1) is 11.6 Å². The minimum atomic E-state index is -1.44. The number of piperazine rings is 1. The van der Waals surface area contributed by atoms with E-state index in [9.17, 15) is 19.1 Å². The van der Waals surface area contributed by atoms with Crippen LogP contribution >= 0.6 is 23.2 Å². The van der Waals surface area contributed by atoms with Crippen molar-refractivity contribution in [3.63, 3.8) is 0 Å². The highest BCUT2D eigenvalue weighted by Crippen LogP contribution is 2.29. The van der Waals surface area contributed by atoms with E-state index < -0.39 is 28.6 Å². The van der Waals surface area contributed by atoms with Gasteiger partial charge in [0.15, 0.2) is 0 Å². The number of carbonyl (C=O) groups is 1. The van der Waals surface area contributed by atoms with E-state index in [1.54, 1.807) is 18.2 Å². The highest BCUT2D eigenvalue weighted by Gasteiger charge is 2.24. The molecule has 240 valence electrons. The molecule has 1 N–H and O–H groups in total. The number of aromatic nitrogens is 1. The van der Waals surface area contributed by atoms with Gasteiger partial charge in [0.2, 0.25) is 5.43 Å². The molecule has 47 heavy (non-hydrogen) atoms. The van der Waals surface area contributed by atoms with Gasteiger partial charge in [0.05, 0.1) is 16.2 Å². The van der Waals surface area contributed by atoms with Crippen LogP contribution in [-0.2, 0) is 11.4 Å². The largest absolute Gasteiger partial charge is 0.477 e. The molecule has 0 atom stereocenters. The first kappa shape index (κ1) is 32.2. The maximum absolute atomic E-state index is 15.6. The molecule has 6 rings (SSSR count). The van der Waals surface area contributed by atoms with E-state index >= 15 is 4.39 Å². The summed E-state index contributed by atoms with van der Waals surface area (Å²) in [5.74, 6) is -2.57. The molecular weight excluding hydrogens is 649 g/mol. The summed E-state index contributed by atoms with van der Waals surface area (Å²) in [4.78, 5) is 34.6. The van der Waals surface area contributed by atoms with Gasteiger partial charge in [-0.15, -0.1) is 0 Å². The molecule has 1 fully saturated rings. The van der Waals surface area contributed by atoms with Crippen LogP contribution in [0.5, 0.6) is 0 Å². The van der Waals surface area contributed by atoms with E-state index in [4.69, 9.17) is 28.0 Å². The molecule has 1 aliphatic heterocycles. The van der Waals surface area contributed by atoms with Crippen LogP contribution in [0.25, 0.3) is 16.6 Å². The number of aromatic carboxylic acids is 1. The smallest absolute Gasteiger partial charge is 0.341 e. The molecule has 0 bridgehead atoms. The van der Waals surface area contributed by atoms with Crippen LogP contribution in [0.1, 0.15) is 21.5 Å². The second-order valence-corrected chi connectivity index (χ2v) is 11.9. The fraction of sp³-hybridized carbons (Fsp3) is 0.171. The van der Waals surface area contributed by atoms with Crippen LogP contribution in [0.4, 0.5) is 14.5 Å². The zero-order valence-electron chi connectivity index (χ0n) is 24.9. The van der Waals surface area contributed by atoms with Gasteiger partial charge in [-0.25, -0.2) is 13.6 Å². The molecule has 0 saturated carbocycles. The second-order valence-electron chi connectivity index (χ2n) is 11.0. The van der Waals surface area contributed by atoms with Gasteiger partial charge in [-0.3, -0.25) is 9.69 Å². The lowest BCUT2D eigenvalue weighted by Crippen LogP contribution is -2.48. The number of hydrogen-bond acceptors (Lipinski definition) is 6. The Bertz CT molecular complexity index is 2030. The standard InChI is InChI=1S/C35H28Cl2F2N4O4/c36-23-6-11-26(29(37)16-23)31(40-47-21-22-4-2-1-3-5-22)20-41-12-14-42(15-13-41)33-18-32-27(17-30(33)39)34(44)28(35(45)46)19-43(32)25-9-7-24(38)8-10-25/h1-11,16-19H,12-15,20-21H2,(H,45,46). The molecule has 1 aliphatic rings. The summed E-state index contributed by atoms with van der Waals surface area (Å²) in [6.07, 6.45) is 1.18. The summed E-state index contributed by atoms with van der Waals surface area (Å²) < 4.78 is 30.8. The third-order valence-corrected chi connectivity index (χ3v) is 8.53. The predicted molar refractivity (Wildman–Crippen MR) is 179 cm³/mol. The van der Waals surface area contributed by atoms with Crippen LogP contribution < -0.4 is 10.3 Å². The molecule has 0 aliphatic carbocycles. The molecule has 12 heteroatoms. The number of oxime groups is 1. The van der Waals surface area contributed by atoms with Crippen molar-refractivity contribution in [3.05, 3.63) is 140 Å². The number of halogens is 4. The monoisotopic (exact) mass is 676 g/mol. The summed E-state index contributed by atoms with van der Waals surface area (Å²) in [7, 11) is 0. The van der Waals surface area contributed by atoms with E-state index in [1.807, 2.05) is 35.2 Å². The normalized spacial score (nSPS) is 14.0. The van der Waals surface area contributed by atoms with Crippen molar-refractivity contribution < 1.29 is 23.5 Å². The van der Waals surface area contributed by atoms with Crippen molar-refractivity contribution in [3.8, 4) is 5.69 Å². The van der Waals surface area contributed by atoms with Crippen LogP contribution in [-0.4, -0.2) is 59.0 Å². The van der Waals surface area contributed by atoms with Crippen LogP contribution in [0.3, 0.4) is 0 Å². The molecule has 0 radical (unpaired) electrons. The number of fused-ring (bicyclic) bond motifs is 1. The summed E-state index contributed by atoms with van der Waals surface area (Å²) in [6.45, 7) is 2.67. The zero-order valence-corrected chi connectivity index (χ0v) is 26.4. The average Bonchev–Trinajstić information content (AvgIpc) is 3.06. The van der Waals surface area contributed by atoms with E-state index in [0.717, 1.165) is 11.6 Å². The van der Waals surface area contributed by atoms with Gasteiger partial charge in [0.25, 0.3) is 0 Å². The molecule has 4 aromatic carbocycles. The third-order valence-electron chi connectivity index (χ3n) is 7.98. The van der Waals surface area contributed by atoms with Gasteiger partial charge in [-0.1, -0.05) is 58.7 Å². The Balaban J connectivity index is 1.25. The number of carboxylic acids is 1. The number of rotatable bonds is 9. The van der Waals surface area contributed by atoms with Crippen LogP contribution in [0.2, 0.25) is 10.0 Å². The Morgan fingerprint density at radius 1 is 0.894 bits per heavy atom. The minimum absolute atomic E-state index is 0.0923. The maximum atomic E-state index is 15.6. The SMILES string of the molecule is O=C(O)c1cn(-c2ccc(F)cc2)c2cc(N3CCN(CC(=NOCc4ccccc4)c4ccc(Cl)cc4Cl)CC3)c(F)cc2c1=O. The number of anilines is 1. The quantitative estimate of drug-likeness (QED) is 0.133. The lowest BCUT2D eigenvalue weighted by molar-refractivity contribution is 0.0695. The summed E-state index contributed by atoms with van der Waals surface area (Å²) >= 11 is 12.7. The fourth-order valence-electron chi connectivity index (χ4n) is 5.55. The fourth-order valence-corrected chi connectivity index (χ4v) is 6.07. The minimum Gasteiger partial charge on any atom is -0.477 e. The highest BCUT2D eigenvalue weighted by molar-refractivity contribution is 6.37. The number of pyridine rings is 1. The van der Waals surface area contributed by atoms with Crippen molar-refractivity contribution in [2.24, 2.45) is 5.16 Å². The summed E-state index contributed by atoms with van der Waals surface area (Å²) in [5, 5.41) is 14.9. The van der Waals surface area contributed by atoms with E-state index in [-0.39, 0.29) is 17.7 Å². The van der Waals surface area contributed by atoms with Gasteiger partial charge >= 0.3 is 5.97 Å². The van der Waals surface area contributed by atoms with E-state index in [2.05, 4.69) is 10.1 Å². The molecule has 0 unspecified atom stereocenters. The second kappa shape index (κ2) is 13.9. The molecule has 5 aromatic rings. The van der Waals surface area contributed by atoms with Crippen molar-refractivity contribution >= 4 is 51.5 Å². The molecule has 1 saturated heterocycles. The maximum Gasteiger partial charge on any atom is 0.341 e. The Hall–Kier alpha value is -4.77. The number of benzene rings is 4. The van der Waals surface area contributed by atoms with Gasteiger partial charge in [-0.2, -0.15) is 0 Å². The Morgan fingerprint density at radius 3 is 2.30 bits per heavy atom. The molecule has 0 spiro atoms. The van der Waals surface area contributed by atoms with Gasteiger partial charge in [0.1, 0.15) is 29.5 Å². The van der Waals surface area contributed by atoms with E-state index in [0.29, 0.717) is 65.2 Å². The van der Waals surface area contributed by atoms with Gasteiger partial charge < -0.3 is 19.4 Å². The molecule has 0 amide bonds. The van der Waals surface area contributed by atoms with E-state index in [1.165, 1.54) is 41.1 Å². The van der Waals surface area contributed by atoms with Crippen molar-refractivity contribution in [2.75, 3.05) is 37.6 Å². The topological polar surface area (TPSA) is 87.4 Å². The first-order valence-corrected chi connectivity index (χ1v) is 15.5. The first-order valence-electron chi connectivity index (χ1n) is 14.7. The van der Waals surface area contributed by atoms with Crippen molar-refractivity contribution in [1.29, 1.82) is 0 Å². The number of nitrogens with zero attached hydrogens (tertiary/aromatic N) is 4. The van der Waals surface area contributed by atoms with Gasteiger partial charge in [0, 0.05) is 60.6 Å². The number of hydrogen-bond donors (Lipinski definition) is 1. The lowest BCUT2D eigenvalue weighted by atomic mass is 10.1. The Kier molecular flexibility index (Phi) is 9.53. The third kappa shape index (κ3) is 7.15. The lowest BCUT2D eigenvalue weighted by Gasteiger charge is -2.36. The summed E-state index contributed by atoms with van der Waals surface area (Å²) in [5.41, 5.74) is 1.93. The van der Waals surface area contributed by atoms with Gasteiger partial charge in [-0.05, 0) is 60.2 Å². The summed E-state index contributed by atoms with van der Waals surface area (Å²) in [6, 6.07) is 22.8. The Labute approximate surface area is 278 Å². The van der Waals surface area contributed by atoms with Crippen molar-refractivity contribution in [1.82, 2.24) is 9.47 Å². The highest BCUT2D eigenvalue weighted by atomic mass is 35.5. The Morgan fingerprint density at radius 2 is 1.62 bits per heavy atom. The van der Waals surface area contributed by atoms with Crippen LogP contribution in [0.15, 0.2) is 101 Å². The molecule has 8 nitrogen and oxygen atoms in total. The average molecular weight is 678 g/mol. The first-order chi connectivity index (χ1) is 22.7. The molecule has 1 aromatic heterocycles. The zero-order chi connectivity index (χ0) is 33.1. The van der Waals surface area contributed by atoms with Crippen molar-refractivity contribution in [2.45, 2.75) is 6.61 Å². The number of carboxylic acid groups (broad SMARTS) is 1. The molecule has 2 heterocycles. The molecular formula is C35H28Cl2F2N4O4.